The van der Waals surface area contributed by atoms with E-state index in [-0.39, 0.29) is 24.4 Å². The number of anilines is 1. The second-order valence-electron chi connectivity index (χ2n) is 5.97. The van der Waals surface area contributed by atoms with Crippen LogP contribution in [0.3, 0.4) is 0 Å². The van der Waals surface area contributed by atoms with Crippen molar-refractivity contribution in [3.8, 4) is 0 Å². The van der Waals surface area contributed by atoms with Crippen molar-refractivity contribution in [2.75, 3.05) is 5.32 Å². The summed E-state index contributed by atoms with van der Waals surface area (Å²) in [6, 6.07) is 9.26. The van der Waals surface area contributed by atoms with Crippen LogP contribution in [0.5, 0.6) is 0 Å². The number of amides is 2. The molecule has 0 saturated heterocycles. The fraction of sp³-hybridized carbons (Fsp3) is 0.353. The van der Waals surface area contributed by atoms with Gasteiger partial charge in [-0.1, -0.05) is 6.07 Å². The van der Waals surface area contributed by atoms with Crippen molar-refractivity contribution in [1.82, 2.24) is 20.6 Å². The van der Waals surface area contributed by atoms with Gasteiger partial charge in [0.15, 0.2) is 0 Å². The summed E-state index contributed by atoms with van der Waals surface area (Å²) in [5.74, 6) is -0.713. The molecule has 0 fully saturated rings. The maximum absolute atomic E-state index is 12.1. The highest BCUT2D eigenvalue weighted by Gasteiger charge is 2.10. The van der Waals surface area contributed by atoms with Gasteiger partial charge in [0.1, 0.15) is 6.54 Å². The van der Waals surface area contributed by atoms with Crippen LogP contribution in [0.25, 0.3) is 0 Å². The molecule has 0 atom stereocenters. The summed E-state index contributed by atoms with van der Waals surface area (Å²) in [6.45, 7) is 7.83. The van der Waals surface area contributed by atoms with E-state index in [1.54, 1.807) is 22.9 Å². The molecule has 0 saturated carbocycles. The average molecular weight is 329 g/mol. The summed E-state index contributed by atoms with van der Waals surface area (Å²) >= 11 is 0. The van der Waals surface area contributed by atoms with Gasteiger partial charge in [0.25, 0.3) is 11.8 Å². The molecule has 0 spiro atoms. The van der Waals surface area contributed by atoms with Crippen LogP contribution in [0.2, 0.25) is 0 Å². The minimum absolute atomic E-state index is 0.0505. The highest BCUT2D eigenvalue weighted by Crippen LogP contribution is 2.11. The molecule has 0 radical (unpaired) electrons. The molecule has 1 heterocycles. The molecule has 0 aliphatic rings. The van der Waals surface area contributed by atoms with E-state index in [0.717, 1.165) is 17.1 Å². The Morgan fingerprint density at radius 2 is 1.92 bits per heavy atom. The van der Waals surface area contributed by atoms with E-state index in [9.17, 15) is 9.59 Å². The number of nitrogens with zero attached hydrogens (tertiary/aromatic N) is 2. The first-order valence-corrected chi connectivity index (χ1v) is 7.82. The molecule has 2 aromatic rings. The molecule has 1 aromatic heterocycles. The molecule has 0 bridgehead atoms. The van der Waals surface area contributed by atoms with E-state index < -0.39 is 0 Å². The van der Waals surface area contributed by atoms with Gasteiger partial charge < -0.3 is 5.32 Å². The maximum atomic E-state index is 12.1. The second-order valence-corrected chi connectivity index (χ2v) is 5.97. The lowest BCUT2D eigenvalue weighted by atomic mass is 10.2. The average Bonchev–Trinajstić information content (AvgIpc) is 2.82. The zero-order valence-electron chi connectivity index (χ0n) is 14.4. The Hall–Kier alpha value is -2.83. The van der Waals surface area contributed by atoms with Gasteiger partial charge in [-0.2, -0.15) is 5.10 Å². The Labute approximate surface area is 141 Å². The minimum Gasteiger partial charge on any atom is -0.383 e. The molecule has 7 nitrogen and oxygen atoms in total. The summed E-state index contributed by atoms with van der Waals surface area (Å²) in [5, 5.41) is 7.44. The van der Waals surface area contributed by atoms with Gasteiger partial charge in [0, 0.05) is 23.0 Å². The SMILES string of the molecule is Cc1cc(C)n(CC(=O)NNC(=O)c2cccc(NC(C)C)c2)n1. The lowest BCUT2D eigenvalue weighted by Crippen LogP contribution is -2.43. The van der Waals surface area contributed by atoms with Gasteiger partial charge in [-0.3, -0.25) is 25.1 Å². The molecule has 2 rings (SSSR count). The Morgan fingerprint density at radius 1 is 1.17 bits per heavy atom. The Morgan fingerprint density at radius 3 is 2.54 bits per heavy atom. The Bertz CT molecular complexity index is 736. The zero-order chi connectivity index (χ0) is 17.7. The highest BCUT2D eigenvalue weighted by molar-refractivity contribution is 5.96. The molecule has 0 aliphatic carbocycles. The third kappa shape index (κ3) is 4.84. The lowest BCUT2D eigenvalue weighted by molar-refractivity contribution is -0.122. The summed E-state index contributed by atoms with van der Waals surface area (Å²) in [6.07, 6.45) is 0. The van der Waals surface area contributed by atoms with Crippen molar-refractivity contribution in [3.05, 3.63) is 47.3 Å². The summed E-state index contributed by atoms with van der Waals surface area (Å²) in [7, 11) is 0. The van der Waals surface area contributed by atoms with Crippen molar-refractivity contribution in [2.45, 2.75) is 40.3 Å². The van der Waals surface area contributed by atoms with Gasteiger partial charge >= 0.3 is 0 Å². The highest BCUT2D eigenvalue weighted by atomic mass is 16.2. The monoisotopic (exact) mass is 329 g/mol. The molecule has 3 N–H and O–H groups in total. The van der Waals surface area contributed by atoms with Crippen molar-refractivity contribution in [2.24, 2.45) is 0 Å². The number of hydrazine groups is 1. The van der Waals surface area contributed by atoms with Crippen LogP contribution in [0.1, 0.15) is 35.6 Å². The topological polar surface area (TPSA) is 88.0 Å². The number of benzene rings is 1. The van der Waals surface area contributed by atoms with Crippen molar-refractivity contribution in [3.63, 3.8) is 0 Å². The summed E-state index contributed by atoms with van der Waals surface area (Å²) < 4.78 is 1.59. The van der Waals surface area contributed by atoms with Gasteiger partial charge in [0.2, 0.25) is 0 Å². The molecular formula is C17H23N5O2. The molecule has 24 heavy (non-hydrogen) atoms. The van der Waals surface area contributed by atoms with Crippen molar-refractivity contribution >= 4 is 17.5 Å². The first-order valence-electron chi connectivity index (χ1n) is 7.82. The Kier molecular flexibility index (Phi) is 5.57. The molecule has 0 aliphatic heterocycles. The standard InChI is InChI=1S/C17H23N5O2/c1-11(2)18-15-7-5-6-14(9-15)17(24)20-19-16(23)10-22-13(4)8-12(3)21-22/h5-9,11,18H,10H2,1-4H3,(H,19,23)(H,20,24). The fourth-order valence-electron chi connectivity index (χ4n) is 2.29. The quantitative estimate of drug-likeness (QED) is 0.730. The zero-order valence-corrected chi connectivity index (χ0v) is 14.4. The van der Waals surface area contributed by atoms with Gasteiger partial charge in [0.05, 0.1) is 5.69 Å². The van der Waals surface area contributed by atoms with E-state index in [1.165, 1.54) is 0 Å². The largest absolute Gasteiger partial charge is 0.383 e. The number of carbonyl (C=O) groups excluding carboxylic acids is 2. The Balaban J connectivity index is 1.90. The second kappa shape index (κ2) is 7.63. The van der Waals surface area contributed by atoms with Crippen LogP contribution in [-0.2, 0) is 11.3 Å². The van der Waals surface area contributed by atoms with Crippen LogP contribution >= 0.6 is 0 Å². The smallest absolute Gasteiger partial charge is 0.269 e. The number of aromatic nitrogens is 2. The third-order valence-corrected chi connectivity index (χ3v) is 3.29. The number of hydrogen-bond acceptors (Lipinski definition) is 4. The number of rotatable bonds is 5. The number of aryl methyl sites for hydroxylation is 2. The molecule has 2 amide bonds. The molecule has 1 aromatic carbocycles. The molecule has 0 unspecified atom stereocenters. The summed E-state index contributed by atoms with van der Waals surface area (Å²) in [4.78, 5) is 24.1. The third-order valence-electron chi connectivity index (χ3n) is 3.29. The van der Waals surface area contributed by atoms with Crippen LogP contribution in [0.4, 0.5) is 5.69 Å². The number of hydrogen-bond donors (Lipinski definition) is 3. The molecule has 7 heteroatoms. The predicted molar refractivity (Wildman–Crippen MR) is 92.5 cm³/mol. The van der Waals surface area contributed by atoms with Crippen molar-refractivity contribution < 1.29 is 9.59 Å². The van der Waals surface area contributed by atoms with Crippen LogP contribution in [0, 0.1) is 13.8 Å². The molecular weight excluding hydrogens is 306 g/mol. The number of nitrogens with one attached hydrogen (secondary N) is 3. The first-order chi connectivity index (χ1) is 11.3. The van der Waals surface area contributed by atoms with Gasteiger partial charge in [-0.25, -0.2) is 0 Å². The van der Waals surface area contributed by atoms with Gasteiger partial charge in [-0.15, -0.1) is 0 Å². The van der Waals surface area contributed by atoms with E-state index in [2.05, 4.69) is 21.3 Å². The van der Waals surface area contributed by atoms with Gasteiger partial charge in [-0.05, 0) is 52.0 Å². The van der Waals surface area contributed by atoms with Crippen LogP contribution in [0.15, 0.2) is 30.3 Å². The maximum Gasteiger partial charge on any atom is 0.269 e. The van der Waals surface area contributed by atoms with E-state index in [0.29, 0.717) is 5.56 Å². The fourth-order valence-corrected chi connectivity index (χ4v) is 2.29. The summed E-state index contributed by atoms with van der Waals surface area (Å²) in [5.41, 5.74) is 7.88. The van der Waals surface area contributed by atoms with E-state index >= 15 is 0 Å². The predicted octanol–water partition coefficient (Wildman–Crippen LogP) is 1.78. The minimum atomic E-state index is -0.371. The van der Waals surface area contributed by atoms with Crippen molar-refractivity contribution in [1.29, 1.82) is 0 Å². The molecule has 128 valence electrons. The van der Waals surface area contributed by atoms with Crippen LogP contribution in [-0.4, -0.2) is 27.6 Å². The van der Waals surface area contributed by atoms with E-state index in [4.69, 9.17) is 0 Å². The first kappa shape index (κ1) is 17.5. The number of carbonyl (C=O) groups is 2. The lowest BCUT2D eigenvalue weighted by Gasteiger charge is -2.12. The van der Waals surface area contributed by atoms with E-state index in [1.807, 2.05) is 39.8 Å². The normalized spacial score (nSPS) is 10.5. The van der Waals surface area contributed by atoms with Crippen LogP contribution < -0.4 is 16.2 Å².